The zero-order valence-electron chi connectivity index (χ0n) is 31.5. The van der Waals surface area contributed by atoms with Gasteiger partial charge in [0.2, 0.25) is 0 Å². The molecule has 11 aromatic rings. The summed E-state index contributed by atoms with van der Waals surface area (Å²) in [5, 5.41) is 4.89. The lowest BCUT2D eigenvalue weighted by Gasteiger charge is -2.32. The standard InChI is InChI=1S/C54H35N3O/c1-2-18-40-39(17-1)41-19-3-9-25-47(41)57(52-30-14-16-32-54(52)58-53-31-15-8-24-46(40)53)38-34-36(55-48-26-10-4-20-42(48)43-21-5-11-27-49(43)55)33-37(35-38)56-50-28-12-6-22-44(50)45-23-7-13-29-51(45)56/h1-35H. The highest BCUT2D eigenvalue weighted by atomic mass is 16.5. The van der Waals surface area contributed by atoms with Crippen molar-refractivity contribution in [1.82, 2.24) is 9.13 Å². The smallest absolute Gasteiger partial charge is 0.151 e. The van der Waals surface area contributed by atoms with Gasteiger partial charge in [-0.2, -0.15) is 0 Å². The molecule has 0 radical (unpaired) electrons. The maximum Gasteiger partial charge on any atom is 0.151 e. The molecule has 4 heteroatoms. The summed E-state index contributed by atoms with van der Waals surface area (Å²) in [4.78, 5) is 2.39. The van der Waals surface area contributed by atoms with E-state index >= 15 is 0 Å². The van der Waals surface area contributed by atoms with Crippen molar-refractivity contribution in [3.8, 4) is 45.1 Å². The van der Waals surface area contributed by atoms with Crippen LogP contribution in [0.3, 0.4) is 0 Å². The third-order valence-corrected chi connectivity index (χ3v) is 11.7. The zero-order chi connectivity index (χ0) is 38.2. The minimum absolute atomic E-state index is 0.768. The Morgan fingerprint density at radius 1 is 0.276 bits per heavy atom. The summed E-state index contributed by atoms with van der Waals surface area (Å²) in [6, 6.07) is 76.2. The largest absolute Gasteiger partial charge is 0.455 e. The van der Waals surface area contributed by atoms with E-state index in [0.29, 0.717) is 0 Å². The van der Waals surface area contributed by atoms with E-state index in [-0.39, 0.29) is 0 Å². The molecule has 0 N–H and O–H groups in total. The molecule has 0 saturated heterocycles. The predicted octanol–water partition coefficient (Wildman–Crippen LogP) is 14.8. The van der Waals surface area contributed by atoms with Crippen molar-refractivity contribution in [2.24, 2.45) is 0 Å². The molecule has 0 amide bonds. The normalized spacial score (nSPS) is 12.2. The quantitative estimate of drug-likeness (QED) is 0.180. The van der Waals surface area contributed by atoms with Gasteiger partial charge in [0, 0.05) is 32.7 Å². The van der Waals surface area contributed by atoms with E-state index in [1.165, 1.54) is 21.5 Å². The fourth-order valence-electron chi connectivity index (χ4n) is 9.25. The van der Waals surface area contributed by atoms with Gasteiger partial charge < -0.3 is 18.8 Å². The third-order valence-electron chi connectivity index (χ3n) is 11.7. The fourth-order valence-corrected chi connectivity index (χ4v) is 9.25. The number of ether oxygens (including phenoxy) is 1. The highest BCUT2D eigenvalue weighted by Gasteiger charge is 2.26. The Kier molecular flexibility index (Phi) is 7.20. The second kappa shape index (κ2) is 12.9. The average molecular weight is 742 g/mol. The molecule has 1 aliphatic heterocycles. The molecule has 0 unspecified atom stereocenters. The molecule has 12 rings (SSSR count). The zero-order valence-corrected chi connectivity index (χ0v) is 31.5. The molecule has 58 heavy (non-hydrogen) atoms. The molecular formula is C54H35N3O. The molecule has 0 saturated carbocycles. The van der Waals surface area contributed by atoms with Crippen molar-refractivity contribution in [3.63, 3.8) is 0 Å². The molecule has 2 aromatic heterocycles. The number of benzene rings is 9. The van der Waals surface area contributed by atoms with Gasteiger partial charge in [0.05, 0.1) is 50.5 Å². The van der Waals surface area contributed by atoms with Gasteiger partial charge in [0.1, 0.15) is 5.75 Å². The fraction of sp³-hybridized carbons (Fsp3) is 0. The van der Waals surface area contributed by atoms with E-state index in [4.69, 9.17) is 4.74 Å². The first-order valence-electron chi connectivity index (χ1n) is 19.8. The molecule has 0 spiro atoms. The van der Waals surface area contributed by atoms with Crippen LogP contribution in [-0.2, 0) is 0 Å². The first-order chi connectivity index (χ1) is 28.8. The van der Waals surface area contributed by atoms with Crippen molar-refractivity contribution >= 4 is 60.7 Å². The number of rotatable bonds is 3. The molecule has 1 aliphatic rings. The molecular weight excluding hydrogens is 707 g/mol. The molecule has 4 nitrogen and oxygen atoms in total. The van der Waals surface area contributed by atoms with Crippen LogP contribution in [0.25, 0.3) is 77.2 Å². The van der Waals surface area contributed by atoms with Crippen molar-refractivity contribution in [2.45, 2.75) is 0 Å². The monoisotopic (exact) mass is 741 g/mol. The lowest BCUT2D eigenvalue weighted by Crippen LogP contribution is -2.14. The second-order valence-corrected chi connectivity index (χ2v) is 14.9. The van der Waals surface area contributed by atoms with Gasteiger partial charge in [0.25, 0.3) is 0 Å². The molecule has 272 valence electrons. The van der Waals surface area contributed by atoms with Gasteiger partial charge in [0.15, 0.2) is 5.75 Å². The SMILES string of the molecule is c1ccc2c(c1)Oc1ccccc1N(c1cc(-n3c4ccccc4c4ccccc43)cc(-n3c4ccccc4c4ccccc43)c1)c1ccccc1-c1ccccc1-2. The summed E-state index contributed by atoms with van der Waals surface area (Å²) in [6.45, 7) is 0. The van der Waals surface area contributed by atoms with Gasteiger partial charge in [-0.3, -0.25) is 0 Å². The second-order valence-electron chi connectivity index (χ2n) is 14.9. The summed E-state index contributed by atoms with van der Waals surface area (Å²) < 4.78 is 11.9. The van der Waals surface area contributed by atoms with Crippen molar-refractivity contribution in [2.75, 3.05) is 4.90 Å². The average Bonchev–Trinajstić information content (AvgIpc) is 3.81. The number of aromatic nitrogens is 2. The van der Waals surface area contributed by atoms with Gasteiger partial charge in [-0.05, 0) is 77.9 Å². The van der Waals surface area contributed by atoms with Gasteiger partial charge >= 0.3 is 0 Å². The maximum absolute atomic E-state index is 7.03. The third kappa shape index (κ3) is 4.88. The lowest BCUT2D eigenvalue weighted by molar-refractivity contribution is 0.485. The molecule has 3 heterocycles. The van der Waals surface area contributed by atoms with E-state index in [0.717, 1.165) is 84.3 Å². The number of nitrogens with zero attached hydrogens (tertiary/aromatic N) is 3. The molecule has 0 aliphatic carbocycles. The molecule has 0 atom stereocenters. The maximum atomic E-state index is 7.03. The lowest BCUT2D eigenvalue weighted by atomic mass is 9.92. The molecule has 0 fully saturated rings. The van der Waals surface area contributed by atoms with Crippen LogP contribution in [0, 0.1) is 0 Å². The van der Waals surface area contributed by atoms with Crippen LogP contribution >= 0.6 is 0 Å². The first kappa shape index (κ1) is 32.4. The van der Waals surface area contributed by atoms with Crippen LogP contribution in [0.2, 0.25) is 0 Å². The number of para-hydroxylation sites is 8. The van der Waals surface area contributed by atoms with Crippen LogP contribution in [0.1, 0.15) is 0 Å². The van der Waals surface area contributed by atoms with Crippen LogP contribution in [0.5, 0.6) is 11.5 Å². The van der Waals surface area contributed by atoms with E-state index in [1.54, 1.807) is 0 Å². The summed E-state index contributed by atoms with van der Waals surface area (Å²) >= 11 is 0. The van der Waals surface area contributed by atoms with Crippen LogP contribution < -0.4 is 9.64 Å². The Balaban J connectivity index is 1.22. The van der Waals surface area contributed by atoms with Crippen molar-refractivity contribution in [1.29, 1.82) is 0 Å². The Labute approximate surface area is 335 Å². The summed E-state index contributed by atoms with van der Waals surface area (Å²) in [7, 11) is 0. The van der Waals surface area contributed by atoms with Crippen LogP contribution in [-0.4, -0.2) is 9.13 Å². The first-order valence-corrected chi connectivity index (χ1v) is 19.8. The Morgan fingerprint density at radius 2 is 0.638 bits per heavy atom. The summed E-state index contributed by atoms with van der Waals surface area (Å²) in [6.07, 6.45) is 0. The topological polar surface area (TPSA) is 22.3 Å². The van der Waals surface area contributed by atoms with E-state index in [1.807, 2.05) is 0 Å². The van der Waals surface area contributed by atoms with Crippen LogP contribution in [0.15, 0.2) is 212 Å². The Bertz CT molecular complexity index is 3170. The van der Waals surface area contributed by atoms with E-state index < -0.39 is 0 Å². The van der Waals surface area contributed by atoms with Crippen molar-refractivity contribution in [3.05, 3.63) is 212 Å². The molecule has 9 aromatic carbocycles. The number of anilines is 3. The number of hydrogen-bond acceptors (Lipinski definition) is 2. The van der Waals surface area contributed by atoms with Gasteiger partial charge in [-0.15, -0.1) is 0 Å². The summed E-state index contributed by atoms with van der Waals surface area (Å²) in [5.74, 6) is 1.58. The Morgan fingerprint density at radius 3 is 1.17 bits per heavy atom. The van der Waals surface area contributed by atoms with E-state index in [9.17, 15) is 0 Å². The minimum Gasteiger partial charge on any atom is -0.455 e. The van der Waals surface area contributed by atoms with Crippen molar-refractivity contribution < 1.29 is 4.74 Å². The Hall–Kier alpha value is -7.82. The number of hydrogen-bond donors (Lipinski definition) is 0. The summed E-state index contributed by atoms with van der Waals surface area (Å²) in [5.41, 5.74) is 14.2. The highest BCUT2D eigenvalue weighted by molar-refractivity contribution is 6.11. The predicted molar refractivity (Wildman–Crippen MR) is 241 cm³/mol. The van der Waals surface area contributed by atoms with Gasteiger partial charge in [-0.25, -0.2) is 0 Å². The minimum atomic E-state index is 0.768. The van der Waals surface area contributed by atoms with Gasteiger partial charge in [-0.1, -0.05) is 146 Å². The molecule has 0 bridgehead atoms. The van der Waals surface area contributed by atoms with E-state index in [2.05, 4.69) is 226 Å². The number of fused-ring (bicyclic) bond motifs is 12. The van der Waals surface area contributed by atoms with Crippen LogP contribution in [0.4, 0.5) is 17.1 Å². The highest BCUT2D eigenvalue weighted by Crippen LogP contribution is 2.51.